The minimum atomic E-state index is -2.72. The molecule has 18 heavy (non-hydrogen) atoms. The first-order valence-corrected chi connectivity index (χ1v) is 13.9. The van der Waals surface area contributed by atoms with Gasteiger partial charge in [-0.25, -0.2) is 0 Å². The lowest BCUT2D eigenvalue weighted by atomic mass is 10.6. The molecule has 0 radical (unpaired) electrons. The van der Waals surface area contributed by atoms with Gasteiger partial charge in [0.1, 0.15) is 0 Å². The zero-order valence-corrected chi connectivity index (χ0v) is 15.4. The average molecular weight is 311 g/mol. The maximum Gasteiger partial charge on any atom is 0.833 e. The molecule has 0 atom stereocenters. The minimum Gasteiger partial charge on any atom is -0.339 e. The molecular weight excluding hydrogens is 284 g/mol. The van der Waals surface area contributed by atoms with Gasteiger partial charge in [0.15, 0.2) is 0 Å². The fourth-order valence-electron chi connectivity index (χ4n) is 1.59. The lowest BCUT2D eigenvalue weighted by Crippen LogP contribution is -2.35. The van der Waals surface area contributed by atoms with Gasteiger partial charge in [0, 0.05) is 0 Å². The molecule has 8 heteroatoms. The highest BCUT2D eigenvalue weighted by molar-refractivity contribution is 6.71. The second-order valence-corrected chi connectivity index (χ2v) is 14.8. The fourth-order valence-corrected chi connectivity index (χ4v) is 6.55. The molecule has 0 unspecified atom stereocenters. The monoisotopic (exact) mass is 310 g/mol. The summed E-state index contributed by atoms with van der Waals surface area (Å²) in [5.74, 6) is 0. The van der Waals surface area contributed by atoms with Crippen LogP contribution in [0.4, 0.5) is 0 Å². The van der Waals surface area contributed by atoms with Crippen LogP contribution >= 0.6 is 0 Å². The van der Waals surface area contributed by atoms with E-state index in [9.17, 15) is 4.46 Å². The van der Waals surface area contributed by atoms with Crippen LogP contribution in [0.2, 0.25) is 38.3 Å². The molecule has 108 valence electrons. The van der Waals surface area contributed by atoms with Crippen LogP contribution in [0.5, 0.6) is 0 Å². The van der Waals surface area contributed by atoms with Gasteiger partial charge in [-0.05, 0) is 38.3 Å². The maximum atomic E-state index is 11.5. The predicted molar refractivity (Wildman–Crippen MR) is 75.9 cm³/mol. The summed E-state index contributed by atoms with van der Waals surface area (Å²) in [4.78, 5) is 0. The van der Waals surface area contributed by atoms with Gasteiger partial charge < -0.3 is 9.15 Å². The van der Waals surface area contributed by atoms with Crippen molar-refractivity contribution in [2.45, 2.75) is 65.0 Å². The van der Waals surface area contributed by atoms with Gasteiger partial charge in [-0.3, -0.25) is 13.6 Å². The maximum absolute atomic E-state index is 11.5. The summed E-state index contributed by atoms with van der Waals surface area (Å²) in [6.45, 7) is 12.2. The van der Waals surface area contributed by atoms with E-state index in [2.05, 4.69) is 13.8 Å². The zero-order valence-electron chi connectivity index (χ0n) is 12.4. The van der Waals surface area contributed by atoms with Gasteiger partial charge in [0.25, 0.3) is 0 Å². The highest BCUT2D eigenvalue weighted by Gasteiger charge is 2.30. The summed E-state index contributed by atoms with van der Waals surface area (Å²) in [6, 6.07) is 1.91. The molecule has 0 fully saturated rings. The Balaban J connectivity index is 3.92. The van der Waals surface area contributed by atoms with Crippen molar-refractivity contribution in [3.63, 3.8) is 0 Å². The van der Waals surface area contributed by atoms with Gasteiger partial charge in [0.05, 0.1) is 0 Å². The molecule has 0 aliphatic heterocycles. The Hall–Kier alpha value is -0.0294. The molecule has 0 aromatic carbocycles. The Morgan fingerprint density at radius 1 is 0.833 bits per heavy atom. The van der Waals surface area contributed by atoms with E-state index in [4.69, 9.17) is 18.3 Å². The third-order valence-electron chi connectivity index (χ3n) is 2.37. The van der Waals surface area contributed by atoms with Crippen LogP contribution in [0.15, 0.2) is 0 Å². The molecule has 0 aromatic rings. The Labute approximate surface area is 114 Å². The summed E-state index contributed by atoms with van der Waals surface area (Å²) in [5, 5.41) is 0. The van der Waals surface area contributed by atoms with Crippen LogP contribution in [0, 0.1) is 0 Å². The van der Waals surface area contributed by atoms with Crippen LogP contribution in [0.25, 0.3) is 0 Å². The van der Waals surface area contributed by atoms with Gasteiger partial charge in [-0.15, -0.1) is 0 Å². The highest BCUT2D eigenvalue weighted by Crippen LogP contribution is 2.15. The number of hydrogen-bond donors (Lipinski definition) is 0. The molecule has 0 amide bonds. The Bertz CT molecular complexity index is 234. The van der Waals surface area contributed by atoms with Crippen LogP contribution in [-0.2, 0) is 22.8 Å². The molecule has 0 saturated heterocycles. The Morgan fingerprint density at radius 3 is 1.44 bits per heavy atom. The van der Waals surface area contributed by atoms with Gasteiger partial charge in [0.2, 0.25) is 16.6 Å². The molecule has 0 aliphatic carbocycles. The second-order valence-electron chi connectivity index (χ2n) is 5.60. The molecule has 5 nitrogen and oxygen atoms in total. The lowest BCUT2D eigenvalue weighted by Gasteiger charge is -2.21. The van der Waals surface area contributed by atoms with Gasteiger partial charge in [-0.1, -0.05) is 26.7 Å². The summed E-state index contributed by atoms with van der Waals surface area (Å²) in [7, 11) is -6.47. The van der Waals surface area contributed by atoms with Crippen molar-refractivity contribution < 1.29 is 22.8 Å². The molecule has 0 bridgehead atoms. The summed E-state index contributed by atoms with van der Waals surface area (Å²) in [6.07, 6.45) is 2.05. The second kappa shape index (κ2) is 8.20. The van der Waals surface area contributed by atoms with Crippen molar-refractivity contribution >= 4 is 25.8 Å². The predicted octanol–water partition coefficient (Wildman–Crippen LogP) is 3.53. The Kier molecular flexibility index (Phi) is 8.19. The fraction of sp³-hybridized carbons (Fsp3) is 1.00. The first-order valence-electron chi connectivity index (χ1n) is 6.48. The third kappa shape index (κ3) is 8.97. The van der Waals surface area contributed by atoms with Gasteiger partial charge in [-0.2, -0.15) is 0 Å². The topological polar surface area (TPSA) is 54.0 Å². The number of rotatable bonds is 10. The standard InChI is InChI=1S/C10H26O5Si3/c1-7-9-17(3,4)14-12-16(11)13-15-18(5,6)10-8-2/h7-10H2,1-6H3. The first kappa shape index (κ1) is 18.0. The summed E-state index contributed by atoms with van der Waals surface area (Å²) < 4.78 is 31.6. The van der Waals surface area contributed by atoms with Gasteiger partial charge >= 0.3 is 9.17 Å². The average Bonchev–Trinajstić information content (AvgIpc) is 2.24. The molecule has 0 spiro atoms. The van der Waals surface area contributed by atoms with Crippen LogP contribution in [0.3, 0.4) is 0 Å². The number of hydrogen-bond acceptors (Lipinski definition) is 5. The van der Waals surface area contributed by atoms with Crippen molar-refractivity contribution in [3.8, 4) is 0 Å². The summed E-state index contributed by atoms with van der Waals surface area (Å²) in [5.41, 5.74) is 0. The van der Waals surface area contributed by atoms with E-state index in [1.54, 1.807) is 0 Å². The van der Waals surface area contributed by atoms with Crippen LogP contribution in [0.1, 0.15) is 26.7 Å². The van der Waals surface area contributed by atoms with E-state index in [-0.39, 0.29) is 0 Å². The van der Waals surface area contributed by atoms with E-state index in [0.29, 0.717) is 0 Å². The minimum absolute atomic E-state index is 0.957. The zero-order chi connectivity index (χ0) is 14.2. The lowest BCUT2D eigenvalue weighted by molar-refractivity contribution is -0.206. The third-order valence-corrected chi connectivity index (χ3v) is 7.62. The SMILES string of the molecule is CCC[Si](C)(C)OO[Si](=O)OO[Si](C)(C)CCC. The van der Waals surface area contributed by atoms with E-state index in [1.165, 1.54) is 0 Å². The molecular formula is C10H26O5Si3. The van der Waals surface area contributed by atoms with Crippen molar-refractivity contribution in [2.75, 3.05) is 0 Å². The summed E-state index contributed by atoms with van der Waals surface area (Å²) >= 11 is 0. The molecule has 0 N–H and O–H groups in total. The Morgan fingerprint density at radius 2 is 1.17 bits per heavy atom. The van der Waals surface area contributed by atoms with E-state index in [0.717, 1.165) is 24.9 Å². The largest absolute Gasteiger partial charge is 0.833 e. The smallest absolute Gasteiger partial charge is 0.339 e. The van der Waals surface area contributed by atoms with E-state index in [1.807, 2.05) is 26.2 Å². The molecule has 0 aromatic heterocycles. The van der Waals surface area contributed by atoms with Crippen LogP contribution in [-0.4, -0.2) is 25.8 Å². The van der Waals surface area contributed by atoms with Crippen LogP contribution < -0.4 is 0 Å². The van der Waals surface area contributed by atoms with Crippen molar-refractivity contribution in [3.05, 3.63) is 0 Å². The molecule has 0 saturated carbocycles. The molecule has 0 rings (SSSR count). The van der Waals surface area contributed by atoms with E-state index < -0.39 is 25.8 Å². The highest BCUT2D eigenvalue weighted by atomic mass is 28.4. The molecule has 0 aliphatic rings. The van der Waals surface area contributed by atoms with Crippen molar-refractivity contribution in [1.29, 1.82) is 0 Å². The van der Waals surface area contributed by atoms with Crippen molar-refractivity contribution in [1.82, 2.24) is 0 Å². The molecule has 0 heterocycles. The quantitative estimate of drug-likeness (QED) is 0.351. The first-order chi connectivity index (χ1) is 8.22. The van der Waals surface area contributed by atoms with E-state index >= 15 is 0 Å². The van der Waals surface area contributed by atoms with Crippen molar-refractivity contribution in [2.24, 2.45) is 0 Å². The normalized spacial score (nSPS) is 12.3.